The van der Waals surface area contributed by atoms with Crippen LogP contribution in [-0.4, -0.2) is 70.7 Å². The quantitative estimate of drug-likeness (QED) is 0.0198. The molecule has 0 spiro atoms. The summed E-state index contributed by atoms with van der Waals surface area (Å²) >= 11 is 0. The Bertz CT molecular complexity index is 1410. The predicted octanol–water partition coefficient (Wildman–Crippen LogP) is 14.3. The summed E-state index contributed by atoms with van der Waals surface area (Å²) in [6.45, 7) is 5.04. The van der Waals surface area contributed by atoms with Crippen LogP contribution in [0.25, 0.3) is 0 Å². The van der Waals surface area contributed by atoms with Crippen molar-refractivity contribution in [2.24, 2.45) is 0 Å². The Balaban J connectivity index is 4.28. The Morgan fingerprint density at radius 1 is 0.492 bits per heavy atom. The third-order valence-corrected chi connectivity index (χ3v) is 10.5. The zero-order chi connectivity index (χ0) is 46.2. The first-order valence-corrected chi connectivity index (χ1v) is 25.7. The van der Waals surface area contributed by atoms with Gasteiger partial charge in [-0.25, -0.2) is 0 Å². The Kier molecular flexibility index (Phi) is 43.2. The topological polar surface area (TPSA) is 94.1 Å². The van der Waals surface area contributed by atoms with Crippen LogP contribution in [0.1, 0.15) is 155 Å². The molecule has 0 fully saturated rings. The van der Waals surface area contributed by atoms with Gasteiger partial charge in [0.25, 0.3) is 7.82 Å². The molecule has 0 aliphatic heterocycles. The lowest BCUT2D eigenvalue weighted by molar-refractivity contribution is -0.870. The van der Waals surface area contributed by atoms with Crippen LogP contribution < -0.4 is 4.89 Å². The fourth-order valence-electron chi connectivity index (χ4n) is 5.83. The van der Waals surface area contributed by atoms with Crippen LogP contribution in [0.2, 0.25) is 0 Å². The van der Waals surface area contributed by atoms with Crippen molar-refractivity contribution in [3.63, 3.8) is 0 Å². The zero-order valence-corrected chi connectivity index (χ0v) is 41.4. The molecule has 2 unspecified atom stereocenters. The monoisotopic (exact) mass is 896 g/mol. The van der Waals surface area contributed by atoms with Crippen LogP contribution in [0.15, 0.2) is 122 Å². The minimum absolute atomic E-state index is 0.00858. The van der Waals surface area contributed by atoms with Gasteiger partial charge in [0, 0.05) is 13.0 Å². The van der Waals surface area contributed by atoms with Gasteiger partial charge in [-0.05, 0) is 103 Å². The number of hydrogen-bond donors (Lipinski definition) is 0. The lowest BCUT2D eigenvalue weighted by Gasteiger charge is -2.28. The normalized spacial score (nSPS) is 14.7. The molecule has 9 heteroatoms. The number of rotatable bonds is 43. The number of allylic oxidation sites excluding steroid dienone is 20. The van der Waals surface area contributed by atoms with Crippen LogP contribution in [0.3, 0.4) is 0 Å². The number of ether oxygens (including phenoxy) is 2. The Hall–Kier alpha value is -3.10. The van der Waals surface area contributed by atoms with Gasteiger partial charge in [-0.3, -0.25) is 9.36 Å². The molecule has 0 aromatic carbocycles. The molecule has 8 nitrogen and oxygen atoms in total. The van der Waals surface area contributed by atoms with E-state index in [2.05, 4.69) is 135 Å². The van der Waals surface area contributed by atoms with Gasteiger partial charge in [-0.2, -0.15) is 0 Å². The maximum atomic E-state index is 12.7. The summed E-state index contributed by atoms with van der Waals surface area (Å²) < 4.78 is 34.6. The summed E-state index contributed by atoms with van der Waals surface area (Å²) in [5.41, 5.74) is 0. The molecular formula is C54H90NO7P. The number of phosphoric acid groups is 1. The summed E-state index contributed by atoms with van der Waals surface area (Å²) in [6, 6.07) is 0. The van der Waals surface area contributed by atoms with Gasteiger partial charge in [0.2, 0.25) is 0 Å². The van der Waals surface area contributed by atoms with E-state index < -0.39 is 13.9 Å². The molecular weight excluding hydrogens is 806 g/mol. The molecule has 0 N–H and O–H groups in total. The maximum Gasteiger partial charge on any atom is 0.306 e. The minimum atomic E-state index is -4.55. The van der Waals surface area contributed by atoms with E-state index in [0.717, 1.165) is 122 Å². The number of carbonyl (C=O) groups is 1. The van der Waals surface area contributed by atoms with Gasteiger partial charge in [0.15, 0.2) is 0 Å². The average Bonchev–Trinajstić information content (AvgIpc) is 3.24. The van der Waals surface area contributed by atoms with Crippen molar-refractivity contribution >= 4 is 13.8 Å². The second-order valence-electron chi connectivity index (χ2n) is 16.7. The van der Waals surface area contributed by atoms with Crippen LogP contribution >= 0.6 is 7.82 Å². The molecule has 0 aliphatic carbocycles. The Labute approximate surface area is 386 Å². The molecule has 0 aromatic heterocycles. The number of likely N-dealkylation sites (N-methyl/N-ethyl adjacent to an activating group) is 1. The Morgan fingerprint density at radius 2 is 0.873 bits per heavy atom. The van der Waals surface area contributed by atoms with Crippen molar-refractivity contribution in [3.05, 3.63) is 122 Å². The van der Waals surface area contributed by atoms with Crippen LogP contribution in [0.5, 0.6) is 0 Å². The summed E-state index contributed by atoms with van der Waals surface area (Å²) in [5.74, 6) is -0.366. The lowest BCUT2D eigenvalue weighted by atomic mass is 10.1. The molecule has 0 radical (unpaired) electrons. The number of esters is 1. The van der Waals surface area contributed by atoms with Gasteiger partial charge >= 0.3 is 5.97 Å². The fraction of sp³-hybridized carbons (Fsp3) is 0.611. The second-order valence-corrected chi connectivity index (χ2v) is 18.1. The number of quaternary nitrogens is 1. The fourth-order valence-corrected chi connectivity index (χ4v) is 6.56. The number of nitrogens with zero attached hydrogens (tertiary/aromatic N) is 1. The summed E-state index contributed by atoms with van der Waals surface area (Å²) in [6.07, 6.45) is 65.1. The number of phosphoric ester groups is 1. The van der Waals surface area contributed by atoms with E-state index in [1.165, 1.54) is 12.8 Å². The molecule has 0 rings (SSSR count). The number of carbonyl (C=O) groups excluding carboxylic acids is 1. The van der Waals surface area contributed by atoms with Crippen LogP contribution in [0, 0.1) is 0 Å². The van der Waals surface area contributed by atoms with Gasteiger partial charge < -0.3 is 27.9 Å². The summed E-state index contributed by atoms with van der Waals surface area (Å²) in [4.78, 5) is 25.1. The van der Waals surface area contributed by atoms with E-state index >= 15 is 0 Å². The smallest absolute Gasteiger partial charge is 0.306 e. The van der Waals surface area contributed by atoms with E-state index in [9.17, 15) is 14.3 Å². The van der Waals surface area contributed by atoms with Crippen LogP contribution in [-0.2, 0) is 27.9 Å². The first-order valence-electron chi connectivity index (χ1n) is 24.3. The standard InChI is InChI=1S/C54H90NO7P/c1-6-8-10-12-14-16-18-20-22-24-25-26-27-28-29-30-31-32-33-35-37-39-41-43-45-47-54(56)62-53(52-61-63(57,58)60-50-48-55(3,4)5)51-59-49-46-44-42-40-38-36-34-23-21-19-17-15-13-11-9-7-2/h8-11,14-17,20-23,25-26,28-29,31-32,36,38,53H,6-7,12-13,18-19,24,27,30,33-35,37,39-52H2,1-5H3/b10-8-,11-9-,16-14-,17-15-,22-20-,23-21-,26-25-,29-28-,32-31-,38-36-. The SMILES string of the molecule is CC/C=C\C/C=C\C/C=C\C/C=C\C/C=C\C/C=C\CCCCCCCCC(=O)OC(COCCCCC/C=C\C/C=C\C/C=C\C/C=C\CC)COP(=O)([O-])OCC[N+](C)(C)C. The molecule has 358 valence electrons. The highest BCUT2D eigenvalue weighted by Crippen LogP contribution is 2.38. The van der Waals surface area contributed by atoms with Crippen molar-refractivity contribution in [3.8, 4) is 0 Å². The molecule has 0 amide bonds. The average molecular weight is 896 g/mol. The number of unbranched alkanes of at least 4 members (excludes halogenated alkanes) is 9. The van der Waals surface area contributed by atoms with Gasteiger partial charge in [0.05, 0.1) is 34.4 Å². The molecule has 63 heavy (non-hydrogen) atoms. The molecule has 0 saturated carbocycles. The number of hydrogen-bond acceptors (Lipinski definition) is 7. The molecule has 0 bridgehead atoms. The third kappa shape index (κ3) is 49.8. The summed E-state index contributed by atoms with van der Waals surface area (Å²) in [7, 11) is 1.30. The van der Waals surface area contributed by atoms with Crippen molar-refractivity contribution in [2.45, 2.75) is 161 Å². The van der Waals surface area contributed by atoms with Gasteiger partial charge in [-0.15, -0.1) is 0 Å². The van der Waals surface area contributed by atoms with Crippen molar-refractivity contribution in [1.29, 1.82) is 0 Å². The summed E-state index contributed by atoms with van der Waals surface area (Å²) in [5, 5.41) is 0. The molecule has 0 aromatic rings. The zero-order valence-electron chi connectivity index (χ0n) is 40.5. The third-order valence-electron chi connectivity index (χ3n) is 9.51. The highest BCUT2D eigenvalue weighted by Gasteiger charge is 2.20. The second kappa shape index (κ2) is 45.5. The van der Waals surface area contributed by atoms with Crippen molar-refractivity contribution < 1.29 is 37.3 Å². The Morgan fingerprint density at radius 3 is 1.30 bits per heavy atom. The highest BCUT2D eigenvalue weighted by atomic mass is 31.2. The first kappa shape index (κ1) is 59.9. The van der Waals surface area contributed by atoms with Gasteiger partial charge in [-0.1, -0.05) is 167 Å². The van der Waals surface area contributed by atoms with E-state index in [1.54, 1.807) is 0 Å². The molecule has 2 atom stereocenters. The molecule has 0 heterocycles. The predicted molar refractivity (Wildman–Crippen MR) is 267 cm³/mol. The van der Waals surface area contributed by atoms with E-state index in [4.69, 9.17) is 18.5 Å². The van der Waals surface area contributed by atoms with Crippen molar-refractivity contribution in [2.75, 3.05) is 54.1 Å². The van der Waals surface area contributed by atoms with E-state index in [1.807, 2.05) is 21.1 Å². The van der Waals surface area contributed by atoms with Crippen molar-refractivity contribution in [1.82, 2.24) is 0 Å². The molecule has 0 saturated heterocycles. The van der Waals surface area contributed by atoms with Crippen LogP contribution in [0.4, 0.5) is 0 Å². The minimum Gasteiger partial charge on any atom is -0.756 e. The van der Waals surface area contributed by atoms with Gasteiger partial charge in [0.1, 0.15) is 19.3 Å². The first-order chi connectivity index (χ1) is 30.6. The van der Waals surface area contributed by atoms with E-state index in [-0.39, 0.29) is 32.2 Å². The largest absolute Gasteiger partial charge is 0.756 e. The highest BCUT2D eigenvalue weighted by molar-refractivity contribution is 7.45. The lowest BCUT2D eigenvalue weighted by Crippen LogP contribution is -2.37. The van der Waals surface area contributed by atoms with E-state index in [0.29, 0.717) is 17.6 Å². The molecule has 0 aliphatic rings. The maximum absolute atomic E-state index is 12.7.